The van der Waals surface area contributed by atoms with Crippen LogP contribution < -0.4 is 5.73 Å². The Kier molecular flexibility index (Phi) is 4.15. The van der Waals surface area contributed by atoms with Gasteiger partial charge in [-0.05, 0) is 38.6 Å². The summed E-state index contributed by atoms with van der Waals surface area (Å²) < 4.78 is 5.75. The molecule has 0 aromatic carbocycles. The number of aliphatic hydroxyl groups is 1. The standard InChI is InChI=1S/C12H25NO2/c1-4-10(8-13)12(14)6-7-15-11(3,5-2)9-12/h10,14H,4-9,13H2,1-3H3. The largest absolute Gasteiger partial charge is 0.389 e. The normalized spacial score (nSPS) is 39.0. The summed E-state index contributed by atoms with van der Waals surface area (Å²) in [5.74, 6) is 0.201. The van der Waals surface area contributed by atoms with Crippen molar-refractivity contribution in [2.75, 3.05) is 13.2 Å². The number of hydrogen-bond donors (Lipinski definition) is 2. The van der Waals surface area contributed by atoms with Crippen LogP contribution in [-0.2, 0) is 4.74 Å². The summed E-state index contributed by atoms with van der Waals surface area (Å²) in [6.45, 7) is 7.49. The molecule has 3 heteroatoms. The molecule has 1 saturated heterocycles. The Hall–Kier alpha value is -0.120. The summed E-state index contributed by atoms with van der Waals surface area (Å²) >= 11 is 0. The molecule has 3 unspecified atom stereocenters. The van der Waals surface area contributed by atoms with Crippen molar-refractivity contribution in [1.29, 1.82) is 0 Å². The third kappa shape index (κ3) is 2.71. The van der Waals surface area contributed by atoms with Gasteiger partial charge in [0.05, 0.1) is 17.8 Å². The van der Waals surface area contributed by atoms with Gasteiger partial charge in [-0.3, -0.25) is 0 Å². The molecule has 0 radical (unpaired) electrons. The zero-order valence-corrected chi connectivity index (χ0v) is 10.3. The van der Waals surface area contributed by atoms with Crippen LogP contribution in [0.2, 0.25) is 0 Å². The average molecular weight is 215 g/mol. The summed E-state index contributed by atoms with van der Waals surface area (Å²) in [6.07, 6.45) is 3.31. The zero-order valence-electron chi connectivity index (χ0n) is 10.3. The molecule has 1 aliphatic heterocycles. The first-order chi connectivity index (χ1) is 6.99. The van der Waals surface area contributed by atoms with E-state index in [-0.39, 0.29) is 11.5 Å². The first-order valence-electron chi connectivity index (χ1n) is 6.06. The van der Waals surface area contributed by atoms with Gasteiger partial charge in [-0.15, -0.1) is 0 Å². The van der Waals surface area contributed by atoms with Gasteiger partial charge < -0.3 is 15.6 Å². The Labute approximate surface area is 93.0 Å². The maximum atomic E-state index is 10.6. The summed E-state index contributed by atoms with van der Waals surface area (Å²) in [4.78, 5) is 0. The second-order valence-corrected chi connectivity index (χ2v) is 5.02. The molecule has 0 aliphatic carbocycles. The molecule has 1 heterocycles. The highest BCUT2D eigenvalue weighted by Crippen LogP contribution is 2.39. The van der Waals surface area contributed by atoms with Gasteiger partial charge in [0.2, 0.25) is 0 Å². The van der Waals surface area contributed by atoms with Gasteiger partial charge in [-0.2, -0.15) is 0 Å². The number of hydrogen-bond acceptors (Lipinski definition) is 3. The molecule has 0 saturated carbocycles. The van der Waals surface area contributed by atoms with Crippen LogP contribution in [0.1, 0.15) is 46.5 Å². The first-order valence-corrected chi connectivity index (χ1v) is 6.06. The molecule has 1 rings (SSSR count). The highest BCUT2D eigenvalue weighted by atomic mass is 16.5. The van der Waals surface area contributed by atoms with Crippen LogP contribution in [-0.4, -0.2) is 29.5 Å². The van der Waals surface area contributed by atoms with Crippen LogP contribution in [0.15, 0.2) is 0 Å². The van der Waals surface area contributed by atoms with E-state index in [0.29, 0.717) is 19.6 Å². The second-order valence-electron chi connectivity index (χ2n) is 5.02. The van der Waals surface area contributed by atoms with E-state index in [4.69, 9.17) is 10.5 Å². The lowest BCUT2D eigenvalue weighted by atomic mass is 9.73. The molecule has 3 nitrogen and oxygen atoms in total. The Morgan fingerprint density at radius 2 is 2.13 bits per heavy atom. The van der Waals surface area contributed by atoms with Crippen molar-refractivity contribution in [3.05, 3.63) is 0 Å². The lowest BCUT2D eigenvalue weighted by Gasteiger charge is -2.46. The summed E-state index contributed by atoms with van der Waals surface area (Å²) in [5, 5.41) is 10.6. The summed E-state index contributed by atoms with van der Waals surface area (Å²) in [5.41, 5.74) is 4.94. The third-order valence-corrected chi connectivity index (χ3v) is 3.95. The monoisotopic (exact) mass is 215 g/mol. The molecule has 15 heavy (non-hydrogen) atoms. The van der Waals surface area contributed by atoms with Gasteiger partial charge in [0.15, 0.2) is 0 Å². The Balaban J connectivity index is 2.75. The van der Waals surface area contributed by atoms with E-state index >= 15 is 0 Å². The molecule has 1 aliphatic rings. The van der Waals surface area contributed by atoms with Crippen molar-refractivity contribution in [2.24, 2.45) is 11.7 Å². The van der Waals surface area contributed by atoms with Crippen LogP contribution in [0.25, 0.3) is 0 Å². The van der Waals surface area contributed by atoms with E-state index in [1.54, 1.807) is 0 Å². The van der Waals surface area contributed by atoms with Gasteiger partial charge in [-0.25, -0.2) is 0 Å². The van der Waals surface area contributed by atoms with Crippen LogP contribution in [0.3, 0.4) is 0 Å². The van der Waals surface area contributed by atoms with Gasteiger partial charge in [0, 0.05) is 6.42 Å². The van der Waals surface area contributed by atoms with E-state index in [1.165, 1.54) is 0 Å². The van der Waals surface area contributed by atoms with Crippen LogP contribution in [0, 0.1) is 5.92 Å². The number of rotatable bonds is 4. The van der Waals surface area contributed by atoms with Gasteiger partial charge >= 0.3 is 0 Å². The molecule has 0 amide bonds. The lowest BCUT2D eigenvalue weighted by Crippen LogP contribution is -2.52. The zero-order chi connectivity index (χ0) is 11.5. The molecule has 0 spiro atoms. The average Bonchev–Trinajstić information content (AvgIpc) is 2.19. The van der Waals surface area contributed by atoms with Crippen molar-refractivity contribution in [1.82, 2.24) is 0 Å². The second kappa shape index (κ2) is 4.81. The van der Waals surface area contributed by atoms with Crippen molar-refractivity contribution in [2.45, 2.75) is 57.7 Å². The van der Waals surface area contributed by atoms with E-state index in [9.17, 15) is 5.11 Å². The van der Waals surface area contributed by atoms with Crippen LogP contribution >= 0.6 is 0 Å². The molecule has 1 fully saturated rings. The predicted octanol–water partition coefficient (Wildman–Crippen LogP) is 1.68. The van der Waals surface area contributed by atoms with Gasteiger partial charge in [0.1, 0.15) is 0 Å². The minimum atomic E-state index is -0.619. The van der Waals surface area contributed by atoms with Crippen LogP contribution in [0.4, 0.5) is 0 Å². The van der Waals surface area contributed by atoms with Crippen molar-refractivity contribution in [3.63, 3.8) is 0 Å². The minimum absolute atomic E-state index is 0.171. The highest BCUT2D eigenvalue weighted by molar-refractivity contribution is 4.96. The molecule has 0 aromatic heterocycles. The molecule has 0 aromatic rings. The van der Waals surface area contributed by atoms with Crippen molar-refractivity contribution < 1.29 is 9.84 Å². The fraction of sp³-hybridized carbons (Fsp3) is 1.00. The maximum Gasteiger partial charge on any atom is 0.0736 e. The summed E-state index contributed by atoms with van der Waals surface area (Å²) in [6, 6.07) is 0. The predicted molar refractivity (Wildman–Crippen MR) is 61.7 cm³/mol. The Morgan fingerprint density at radius 3 is 2.60 bits per heavy atom. The topological polar surface area (TPSA) is 55.5 Å². The molecular formula is C12H25NO2. The SMILES string of the molecule is CCC(CN)C1(O)CCOC(C)(CC)C1. The van der Waals surface area contributed by atoms with E-state index in [0.717, 1.165) is 19.3 Å². The Morgan fingerprint density at radius 1 is 1.47 bits per heavy atom. The third-order valence-electron chi connectivity index (χ3n) is 3.95. The molecular weight excluding hydrogens is 190 g/mol. The van der Waals surface area contributed by atoms with E-state index < -0.39 is 5.60 Å². The lowest BCUT2D eigenvalue weighted by molar-refractivity contribution is -0.173. The quantitative estimate of drug-likeness (QED) is 0.750. The Bertz CT molecular complexity index is 206. The summed E-state index contributed by atoms with van der Waals surface area (Å²) in [7, 11) is 0. The molecule has 0 bridgehead atoms. The first kappa shape index (κ1) is 12.9. The van der Waals surface area contributed by atoms with E-state index in [2.05, 4.69) is 20.8 Å². The van der Waals surface area contributed by atoms with Gasteiger partial charge in [0.25, 0.3) is 0 Å². The maximum absolute atomic E-state index is 10.6. The fourth-order valence-corrected chi connectivity index (χ4v) is 2.60. The van der Waals surface area contributed by atoms with Crippen LogP contribution in [0.5, 0.6) is 0 Å². The smallest absolute Gasteiger partial charge is 0.0736 e. The molecule has 90 valence electrons. The van der Waals surface area contributed by atoms with Crippen molar-refractivity contribution in [3.8, 4) is 0 Å². The number of ether oxygens (including phenoxy) is 1. The number of nitrogens with two attached hydrogens (primary N) is 1. The van der Waals surface area contributed by atoms with Gasteiger partial charge in [-0.1, -0.05) is 13.8 Å². The molecule has 3 N–H and O–H groups in total. The fourth-order valence-electron chi connectivity index (χ4n) is 2.60. The molecule has 3 atom stereocenters. The highest BCUT2D eigenvalue weighted by Gasteiger charge is 2.44. The minimum Gasteiger partial charge on any atom is -0.389 e. The van der Waals surface area contributed by atoms with E-state index in [1.807, 2.05) is 0 Å². The van der Waals surface area contributed by atoms with Crippen molar-refractivity contribution >= 4 is 0 Å².